The van der Waals surface area contributed by atoms with E-state index in [0.29, 0.717) is 28.9 Å². The summed E-state index contributed by atoms with van der Waals surface area (Å²) >= 11 is 1.33. The normalized spacial score (nSPS) is 10.6. The van der Waals surface area contributed by atoms with Gasteiger partial charge >= 0.3 is 0 Å². The van der Waals surface area contributed by atoms with E-state index in [1.165, 1.54) is 17.3 Å². The van der Waals surface area contributed by atoms with Crippen LogP contribution in [-0.2, 0) is 11.3 Å². The summed E-state index contributed by atoms with van der Waals surface area (Å²) in [5.74, 6) is 1.70. The van der Waals surface area contributed by atoms with Gasteiger partial charge in [-0.05, 0) is 43.2 Å². The van der Waals surface area contributed by atoms with Crippen molar-refractivity contribution in [1.29, 1.82) is 0 Å². The number of aryl methyl sites for hydroxylation is 2. The minimum absolute atomic E-state index is 0.117. The number of ether oxygens (including phenoxy) is 3. The molecule has 9 heteroatoms. The average Bonchev–Trinajstić information content (AvgIpc) is 3.23. The highest BCUT2D eigenvalue weighted by Gasteiger charge is 2.15. The van der Waals surface area contributed by atoms with E-state index in [1.807, 2.05) is 35.8 Å². The molecule has 0 saturated carbocycles. The fraction of sp³-hybridized carbons (Fsp3) is 0.318. The van der Waals surface area contributed by atoms with Crippen LogP contribution in [0.5, 0.6) is 17.2 Å². The number of amides is 1. The highest BCUT2D eigenvalue weighted by Crippen LogP contribution is 2.38. The fourth-order valence-corrected chi connectivity index (χ4v) is 3.93. The molecule has 2 aromatic carbocycles. The predicted octanol–water partition coefficient (Wildman–Crippen LogP) is 3.32. The molecule has 164 valence electrons. The minimum Gasteiger partial charge on any atom is -0.493 e. The molecule has 0 saturated heterocycles. The van der Waals surface area contributed by atoms with Gasteiger partial charge in [-0.3, -0.25) is 9.36 Å². The number of rotatable bonds is 9. The van der Waals surface area contributed by atoms with Crippen LogP contribution >= 0.6 is 11.8 Å². The summed E-state index contributed by atoms with van der Waals surface area (Å²) < 4.78 is 17.9. The Morgan fingerprint density at radius 1 is 1.06 bits per heavy atom. The fourth-order valence-electron chi connectivity index (χ4n) is 3.18. The number of thioether (sulfide) groups is 1. The Morgan fingerprint density at radius 3 is 2.39 bits per heavy atom. The maximum atomic E-state index is 12.4. The molecule has 0 aliphatic rings. The van der Waals surface area contributed by atoms with Gasteiger partial charge in [0.25, 0.3) is 0 Å². The van der Waals surface area contributed by atoms with Crippen LogP contribution in [0, 0.1) is 13.8 Å². The molecule has 0 radical (unpaired) electrons. The van der Waals surface area contributed by atoms with E-state index in [4.69, 9.17) is 14.2 Å². The standard InChI is InChI=1S/C22H26N4O4S/c1-14-6-7-17(15(2)8-14)26-13-24-25-22(26)31-12-20(27)23-11-16-9-18(28-3)21(30-5)19(10-16)29-4/h6-10,13H,11-12H2,1-5H3,(H,23,27). The van der Waals surface area contributed by atoms with Crippen LogP contribution in [0.25, 0.3) is 5.69 Å². The van der Waals surface area contributed by atoms with E-state index in [1.54, 1.807) is 27.7 Å². The van der Waals surface area contributed by atoms with E-state index in [9.17, 15) is 4.79 Å². The van der Waals surface area contributed by atoms with Crippen molar-refractivity contribution in [3.8, 4) is 22.9 Å². The molecule has 3 rings (SSSR count). The Kier molecular flexibility index (Phi) is 7.41. The van der Waals surface area contributed by atoms with Crippen LogP contribution in [0.2, 0.25) is 0 Å². The van der Waals surface area contributed by atoms with E-state index in [0.717, 1.165) is 16.8 Å². The summed E-state index contributed by atoms with van der Waals surface area (Å²) in [5, 5.41) is 11.7. The summed E-state index contributed by atoms with van der Waals surface area (Å²) in [6, 6.07) is 9.80. The van der Waals surface area contributed by atoms with Crippen LogP contribution in [0.1, 0.15) is 16.7 Å². The maximum absolute atomic E-state index is 12.4. The molecule has 1 heterocycles. The van der Waals surface area contributed by atoms with Gasteiger partial charge in [0.05, 0.1) is 32.8 Å². The lowest BCUT2D eigenvalue weighted by Gasteiger charge is -2.14. The SMILES string of the molecule is COc1cc(CNC(=O)CSc2nncn2-c2ccc(C)cc2C)cc(OC)c1OC. The lowest BCUT2D eigenvalue weighted by molar-refractivity contribution is -0.118. The van der Waals surface area contributed by atoms with E-state index < -0.39 is 0 Å². The Bertz CT molecular complexity index is 1040. The van der Waals surface area contributed by atoms with Crippen LogP contribution < -0.4 is 19.5 Å². The Balaban J connectivity index is 1.63. The second-order valence-electron chi connectivity index (χ2n) is 6.87. The smallest absolute Gasteiger partial charge is 0.230 e. The van der Waals surface area contributed by atoms with Gasteiger partial charge in [0.2, 0.25) is 11.7 Å². The quantitative estimate of drug-likeness (QED) is 0.509. The van der Waals surface area contributed by atoms with Crippen molar-refractivity contribution in [2.24, 2.45) is 0 Å². The number of aromatic nitrogens is 3. The number of nitrogens with one attached hydrogen (secondary N) is 1. The first-order valence-corrected chi connectivity index (χ1v) is 10.6. The molecular formula is C22H26N4O4S. The first-order chi connectivity index (χ1) is 15.0. The largest absolute Gasteiger partial charge is 0.493 e. The van der Waals surface area contributed by atoms with Crippen molar-refractivity contribution in [3.63, 3.8) is 0 Å². The minimum atomic E-state index is -0.117. The van der Waals surface area contributed by atoms with Gasteiger partial charge in [0.1, 0.15) is 6.33 Å². The van der Waals surface area contributed by atoms with Crippen molar-refractivity contribution in [1.82, 2.24) is 20.1 Å². The average molecular weight is 443 g/mol. The second-order valence-corrected chi connectivity index (χ2v) is 7.81. The molecule has 1 amide bonds. The lowest BCUT2D eigenvalue weighted by atomic mass is 10.1. The molecule has 0 fully saturated rings. The van der Waals surface area contributed by atoms with Crippen molar-refractivity contribution < 1.29 is 19.0 Å². The summed E-state index contributed by atoms with van der Waals surface area (Å²) in [6.45, 7) is 4.43. The first kappa shape index (κ1) is 22.5. The van der Waals surface area contributed by atoms with Gasteiger partial charge in [-0.1, -0.05) is 29.5 Å². The topological polar surface area (TPSA) is 87.5 Å². The number of nitrogens with zero attached hydrogens (tertiary/aromatic N) is 3. The molecule has 31 heavy (non-hydrogen) atoms. The number of carbonyl (C=O) groups is 1. The van der Waals surface area contributed by atoms with Crippen LogP contribution in [0.3, 0.4) is 0 Å². The number of methoxy groups -OCH3 is 3. The predicted molar refractivity (Wildman–Crippen MR) is 120 cm³/mol. The Labute approximate surface area is 185 Å². The molecule has 3 aromatic rings. The van der Waals surface area contributed by atoms with E-state index >= 15 is 0 Å². The van der Waals surface area contributed by atoms with E-state index in [-0.39, 0.29) is 11.7 Å². The molecule has 8 nitrogen and oxygen atoms in total. The molecule has 0 atom stereocenters. The summed E-state index contributed by atoms with van der Waals surface area (Å²) in [7, 11) is 4.67. The summed E-state index contributed by atoms with van der Waals surface area (Å²) in [5.41, 5.74) is 4.14. The summed E-state index contributed by atoms with van der Waals surface area (Å²) in [6.07, 6.45) is 1.66. The first-order valence-electron chi connectivity index (χ1n) is 9.62. The Hall–Kier alpha value is -3.20. The van der Waals surface area contributed by atoms with Gasteiger partial charge < -0.3 is 19.5 Å². The van der Waals surface area contributed by atoms with Gasteiger partial charge in [-0.2, -0.15) is 0 Å². The molecule has 1 N–H and O–H groups in total. The lowest BCUT2D eigenvalue weighted by Crippen LogP contribution is -2.24. The summed E-state index contributed by atoms with van der Waals surface area (Å²) in [4.78, 5) is 12.4. The van der Waals surface area contributed by atoms with Gasteiger partial charge in [-0.15, -0.1) is 10.2 Å². The second kappa shape index (κ2) is 10.2. The third kappa shape index (κ3) is 5.29. The third-order valence-electron chi connectivity index (χ3n) is 4.67. The monoisotopic (exact) mass is 442 g/mol. The zero-order valence-corrected chi connectivity index (χ0v) is 19.1. The van der Waals surface area contributed by atoms with Crippen molar-refractivity contribution in [2.45, 2.75) is 25.5 Å². The molecule has 0 aliphatic heterocycles. The molecule has 0 spiro atoms. The van der Waals surface area contributed by atoms with Crippen molar-refractivity contribution >= 4 is 17.7 Å². The highest BCUT2D eigenvalue weighted by molar-refractivity contribution is 7.99. The molecule has 1 aromatic heterocycles. The Morgan fingerprint density at radius 2 is 1.77 bits per heavy atom. The molecular weight excluding hydrogens is 416 g/mol. The molecule has 0 bridgehead atoms. The van der Waals surface area contributed by atoms with Gasteiger partial charge in [-0.25, -0.2) is 0 Å². The molecule has 0 aliphatic carbocycles. The zero-order chi connectivity index (χ0) is 22.4. The van der Waals surface area contributed by atoms with Crippen LogP contribution in [-0.4, -0.2) is 47.8 Å². The molecule has 0 unspecified atom stereocenters. The highest BCUT2D eigenvalue weighted by atomic mass is 32.2. The number of carbonyl (C=O) groups excluding carboxylic acids is 1. The number of hydrogen-bond donors (Lipinski definition) is 1. The number of hydrogen-bond acceptors (Lipinski definition) is 7. The van der Waals surface area contributed by atoms with Crippen LogP contribution in [0.15, 0.2) is 41.8 Å². The van der Waals surface area contributed by atoms with Crippen molar-refractivity contribution in [3.05, 3.63) is 53.3 Å². The zero-order valence-electron chi connectivity index (χ0n) is 18.3. The third-order valence-corrected chi connectivity index (χ3v) is 5.62. The number of benzene rings is 2. The maximum Gasteiger partial charge on any atom is 0.230 e. The van der Waals surface area contributed by atoms with Crippen molar-refractivity contribution in [2.75, 3.05) is 27.1 Å². The van der Waals surface area contributed by atoms with Crippen LogP contribution in [0.4, 0.5) is 0 Å². The van der Waals surface area contributed by atoms with Gasteiger partial charge in [0.15, 0.2) is 16.7 Å². The van der Waals surface area contributed by atoms with E-state index in [2.05, 4.69) is 28.5 Å². The van der Waals surface area contributed by atoms with Gasteiger partial charge in [0, 0.05) is 6.54 Å².